The first-order valence-electron chi connectivity index (χ1n) is 9.48. The molecule has 0 aliphatic heterocycles. The number of esters is 1. The Kier molecular flexibility index (Phi) is 8.60. The lowest BCUT2D eigenvalue weighted by molar-refractivity contribution is -0.136. The summed E-state index contributed by atoms with van der Waals surface area (Å²) in [6, 6.07) is 13.8. The minimum absolute atomic E-state index is 0.0138. The van der Waals surface area contributed by atoms with Crippen LogP contribution in [0.25, 0.3) is 0 Å². The monoisotopic (exact) mass is 404 g/mol. The number of hydrogen-bond donors (Lipinski definition) is 0. The van der Waals surface area contributed by atoms with Crippen LogP contribution < -0.4 is 9.47 Å². The molecule has 0 radical (unpaired) electrons. The molecule has 154 valence electrons. The third-order valence-corrected chi connectivity index (χ3v) is 3.90. The van der Waals surface area contributed by atoms with Crippen LogP contribution in [0, 0.1) is 11.8 Å². The van der Waals surface area contributed by atoms with Crippen LogP contribution in [0.15, 0.2) is 48.5 Å². The SMILES string of the molecule is CCCCC(=O)Oc1ccc(C#Cc2ccc(OCCCC(F)(F)F)cc2)cc1. The summed E-state index contributed by atoms with van der Waals surface area (Å²) < 4.78 is 46.8. The highest BCUT2D eigenvalue weighted by Crippen LogP contribution is 2.21. The smallest absolute Gasteiger partial charge is 0.389 e. The molecule has 0 heterocycles. The van der Waals surface area contributed by atoms with Gasteiger partial charge in [0.05, 0.1) is 6.61 Å². The molecule has 0 aromatic heterocycles. The number of rotatable bonds is 8. The number of carbonyl (C=O) groups is 1. The Morgan fingerprint density at radius 2 is 1.45 bits per heavy atom. The number of hydrogen-bond acceptors (Lipinski definition) is 3. The van der Waals surface area contributed by atoms with Gasteiger partial charge in [0.15, 0.2) is 0 Å². The fraction of sp³-hybridized carbons (Fsp3) is 0.348. The molecule has 6 heteroatoms. The number of unbranched alkanes of at least 4 members (excludes halogenated alkanes) is 1. The van der Waals surface area contributed by atoms with Gasteiger partial charge in [-0.05, 0) is 61.4 Å². The van der Waals surface area contributed by atoms with Gasteiger partial charge in [-0.15, -0.1) is 0 Å². The third kappa shape index (κ3) is 9.20. The average molecular weight is 404 g/mol. The molecule has 0 atom stereocenters. The number of halogens is 3. The molecule has 0 N–H and O–H groups in total. The fourth-order valence-electron chi connectivity index (χ4n) is 2.35. The van der Waals surface area contributed by atoms with Gasteiger partial charge < -0.3 is 9.47 Å². The maximum Gasteiger partial charge on any atom is 0.389 e. The highest BCUT2D eigenvalue weighted by molar-refractivity contribution is 5.72. The fourth-order valence-corrected chi connectivity index (χ4v) is 2.35. The predicted octanol–water partition coefficient (Wildman–Crippen LogP) is 5.90. The largest absolute Gasteiger partial charge is 0.494 e. The first kappa shape index (κ1) is 22.4. The molecular weight excluding hydrogens is 381 g/mol. The molecule has 2 aromatic rings. The lowest BCUT2D eigenvalue weighted by Gasteiger charge is -2.08. The van der Waals surface area contributed by atoms with Crippen molar-refractivity contribution >= 4 is 5.97 Å². The molecule has 0 saturated carbocycles. The molecule has 0 aliphatic rings. The number of alkyl halides is 3. The summed E-state index contributed by atoms with van der Waals surface area (Å²) in [6.07, 6.45) is -2.94. The molecular formula is C23H23F3O3. The second-order valence-electron chi connectivity index (χ2n) is 6.44. The van der Waals surface area contributed by atoms with Crippen molar-refractivity contribution in [2.45, 2.75) is 45.2 Å². The van der Waals surface area contributed by atoms with E-state index in [1.165, 1.54) is 0 Å². The van der Waals surface area contributed by atoms with E-state index in [4.69, 9.17) is 9.47 Å². The van der Waals surface area contributed by atoms with Gasteiger partial charge in [-0.25, -0.2) is 0 Å². The average Bonchev–Trinajstić information content (AvgIpc) is 2.69. The Labute approximate surface area is 168 Å². The Balaban J connectivity index is 1.84. The number of ether oxygens (including phenoxy) is 2. The molecule has 0 fully saturated rings. The van der Waals surface area contributed by atoms with Gasteiger partial charge >= 0.3 is 12.1 Å². The molecule has 0 saturated heterocycles. The number of carbonyl (C=O) groups excluding carboxylic acids is 1. The predicted molar refractivity (Wildman–Crippen MR) is 105 cm³/mol. The Morgan fingerprint density at radius 3 is 1.97 bits per heavy atom. The summed E-state index contributed by atoms with van der Waals surface area (Å²) in [5, 5.41) is 0. The normalized spacial score (nSPS) is 10.8. The first-order valence-corrected chi connectivity index (χ1v) is 9.48. The van der Waals surface area contributed by atoms with Crippen molar-refractivity contribution in [1.82, 2.24) is 0 Å². The van der Waals surface area contributed by atoms with Gasteiger partial charge in [-0.1, -0.05) is 25.2 Å². The van der Waals surface area contributed by atoms with Gasteiger partial charge in [0.1, 0.15) is 11.5 Å². The zero-order valence-corrected chi connectivity index (χ0v) is 16.2. The van der Waals surface area contributed by atoms with Crippen molar-refractivity contribution in [3.05, 3.63) is 59.7 Å². The Bertz CT molecular complexity index is 829. The van der Waals surface area contributed by atoms with Crippen molar-refractivity contribution < 1.29 is 27.4 Å². The zero-order chi connectivity index (χ0) is 21.1. The van der Waals surface area contributed by atoms with Gasteiger partial charge in [0.2, 0.25) is 0 Å². The van der Waals surface area contributed by atoms with Crippen LogP contribution in [0.3, 0.4) is 0 Å². The van der Waals surface area contributed by atoms with E-state index in [0.29, 0.717) is 17.9 Å². The van der Waals surface area contributed by atoms with Gasteiger partial charge in [-0.2, -0.15) is 13.2 Å². The van der Waals surface area contributed by atoms with Gasteiger partial charge in [0, 0.05) is 24.0 Å². The van der Waals surface area contributed by atoms with E-state index in [9.17, 15) is 18.0 Å². The van der Waals surface area contributed by atoms with Crippen LogP contribution in [0.5, 0.6) is 11.5 Å². The molecule has 0 aliphatic carbocycles. The van der Waals surface area contributed by atoms with Crippen LogP contribution in [0.4, 0.5) is 13.2 Å². The van der Waals surface area contributed by atoms with E-state index in [-0.39, 0.29) is 19.0 Å². The van der Waals surface area contributed by atoms with Crippen LogP contribution in [0.2, 0.25) is 0 Å². The van der Waals surface area contributed by atoms with Crippen molar-refractivity contribution in [3.63, 3.8) is 0 Å². The minimum Gasteiger partial charge on any atom is -0.494 e. The van der Waals surface area contributed by atoms with Crippen LogP contribution in [-0.4, -0.2) is 18.8 Å². The molecule has 0 bridgehead atoms. The molecule has 0 spiro atoms. The quantitative estimate of drug-likeness (QED) is 0.238. The topological polar surface area (TPSA) is 35.5 Å². The maximum absolute atomic E-state index is 12.1. The lowest BCUT2D eigenvalue weighted by Crippen LogP contribution is -2.09. The van der Waals surface area contributed by atoms with E-state index >= 15 is 0 Å². The van der Waals surface area contributed by atoms with Crippen LogP contribution in [0.1, 0.15) is 50.2 Å². The second-order valence-corrected chi connectivity index (χ2v) is 6.44. The van der Waals surface area contributed by atoms with E-state index in [2.05, 4.69) is 11.8 Å². The lowest BCUT2D eigenvalue weighted by atomic mass is 10.1. The van der Waals surface area contributed by atoms with E-state index in [0.717, 1.165) is 24.0 Å². The van der Waals surface area contributed by atoms with Crippen LogP contribution >= 0.6 is 0 Å². The molecule has 2 aromatic carbocycles. The zero-order valence-electron chi connectivity index (χ0n) is 16.2. The number of benzene rings is 2. The van der Waals surface area contributed by atoms with E-state index in [1.54, 1.807) is 48.5 Å². The molecule has 29 heavy (non-hydrogen) atoms. The van der Waals surface area contributed by atoms with Crippen molar-refractivity contribution in [2.75, 3.05) is 6.61 Å². The minimum atomic E-state index is -4.16. The van der Waals surface area contributed by atoms with Gasteiger partial charge in [-0.3, -0.25) is 4.79 Å². The van der Waals surface area contributed by atoms with E-state index in [1.807, 2.05) is 6.92 Å². The summed E-state index contributed by atoms with van der Waals surface area (Å²) >= 11 is 0. The summed E-state index contributed by atoms with van der Waals surface area (Å²) in [7, 11) is 0. The van der Waals surface area contributed by atoms with E-state index < -0.39 is 12.6 Å². The Hall–Kier alpha value is -2.94. The maximum atomic E-state index is 12.1. The summed E-state index contributed by atoms with van der Waals surface area (Å²) in [5.41, 5.74) is 1.52. The van der Waals surface area contributed by atoms with Crippen molar-refractivity contribution in [2.24, 2.45) is 0 Å². The second kappa shape index (κ2) is 11.2. The van der Waals surface area contributed by atoms with Crippen LogP contribution in [-0.2, 0) is 4.79 Å². The highest BCUT2D eigenvalue weighted by atomic mass is 19.4. The third-order valence-electron chi connectivity index (χ3n) is 3.90. The molecule has 2 rings (SSSR count). The highest BCUT2D eigenvalue weighted by Gasteiger charge is 2.26. The summed E-state index contributed by atoms with van der Waals surface area (Å²) in [5.74, 6) is 6.76. The van der Waals surface area contributed by atoms with Crippen molar-refractivity contribution in [3.8, 4) is 23.3 Å². The Morgan fingerprint density at radius 1 is 0.897 bits per heavy atom. The standard InChI is InChI=1S/C23H23F3O3/c1-2-3-5-22(27)29-21-14-10-19(11-15-21)7-6-18-8-12-20(13-9-18)28-17-4-16-23(24,25)26/h8-15H,2-5,16-17H2,1H3. The van der Waals surface area contributed by atoms with Gasteiger partial charge in [0.25, 0.3) is 0 Å². The summed E-state index contributed by atoms with van der Waals surface area (Å²) in [4.78, 5) is 11.6. The van der Waals surface area contributed by atoms with Crippen molar-refractivity contribution in [1.29, 1.82) is 0 Å². The first-order chi connectivity index (χ1) is 13.9. The molecule has 0 unspecified atom stereocenters. The summed E-state index contributed by atoms with van der Waals surface area (Å²) in [6.45, 7) is 2.03. The molecule has 0 amide bonds. The molecule has 3 nitrogen and oxygen atoms in total.